The van der Waals surface area contributed by atoms with Gasteiger partial charge in [0.2, 0.25) is 0 Å². The van der Waals surface area contributed by atoms with E-state index in [1.807, 2.05) is 19.9 Å². The second-order valence-corrected chi connectivity index (χ2v) is 6.07. The summed E-state index contributed by atoms with van der Waals surface area (Å²) in [4.78, 5) is 18.3. The highest BCUT2D eigenvalue weighted by Gasteiger charge is 2.41. The zero-order valence-electron chi connectivity index (χ0n) is 12.9. The van der Waals surface area contributed by atoms with Gasteiger partial charge in [-0.2, -0.15) is 5.26 Å². The summed E-state index contributed by atoms with van der Waals surface area (Å²) in [6, 6.07) is 6.06. The van der Waals surface area contributed by atoms with E-state index in [4.69, 9.17) is 5.26 Å². The fraction of sp³-hybridized carbons (Fsp3) is 0.562. The van der Waals surface area contributed by atoms with Crippen molar-refractivity contribution < 1.29 is 4.79 Å². The minimum absolute atomic E-state index is 0.102. The molecule has 1 aliphatic heterocycles. The van der Waals surface area contributed by atoms with E-state index in [-0.39, 0.29) is 17.4 Å². The maximum Gasteiger partial charge on any atom is 0.270 e. The summed E-state index contributed by atoms with van der Waals surface area (Å²) in [7, 11) is 0. The van der Waals surface area contributed by atoms with Gasteiger partial charge in [0, 0.05) is 31.0 Å². The molecule has 5 heteroatoms. The Morgan fingerprint density at radius 1 is 1.52 bits per heavy atom. The Morgan fingerprint density at radius 3 is 2.71 bits per heavy atom. The summed E-state index contributed by atoms with van der Waals surface area (Å²) in [5, 5.41) is 11.7. The van der Waals surface area contributed by atoms with Crippen LogP contribution in [0, 0.1) is 16.7 Å². The summed E-state index contributed by atoms with van der Waals surface area (Å²) in [6.07, 6.45) is 3.35. The Morgan fingerprint density at radius 2 is 2.24 bits per heavy atom. The van der Waals surface area contributed by atoms with Gasteiger partial charge in [0.25, 0.3) is 5.91 Å². The molecule has 21 heavy (non-hydrogen) atoms. The van der Waals surface area contributed by atoms with Crippen LogP contribution < -0.4 is 10.2 Å². The van der Waals surface area contributed by atoms with Crippen LogP contribution in [0.2, 0.25) is 0 Å². The van der Waals surface area contributed by atoms with Gasteiger partial charge in [0.05, 0.1) is 18.0 Å². The third-order valence-corrected chi connectivity index (χ3v) is 4.02. The van der Waals surface area contributed by atoms with Crippen LogP contribution in [0.5, 0.6) is 0 Å². The van der Waals surface area contributed by atoms with E-state index in [9.17, 15) is 4.79 Å². The summed E-state index contributed by atoms with van der Waals surface area (Å²) in [5.74, 6) is -0.146. The number of aromatic nitrogens is 1. The molecule has 0 unspecified atom stereocenters. The van der Waals surface area contributed by atoms with Gasteiger partial charge < -0.3 is 10.2 Å². The summed E-state index contributed by atoms with van der Waals surface area (Å²) >= 11 is 0. The number of hydrogen-bond donors (Lipinski definition) is 1. The summed E-state index contributed by atoms with van der Waals surface area (Å²) in [6.45, 7) is 7.75. The van der Waals surface area contributed by atoms with Crippen LogP contribution in [0.15, 0.2) is 18.3 Å². The van der Waals surface area contributed by atoms with Gasteiger partial charge in [0.15, 0.2) is 0 Å². The number of nitrogens with zero attached hydrogens (tertiary/aromatic N) is 3. The highest BCUT2D eigenvalue weighted by Crippen LogP contribution is 2.39. The number of pyridine rings is 1. The molecule has 1 fully saturated rings. The molecule has 0 radical (unpaired) electrons. The Kier molecular flexibility index (Phi) is 4.46. The van der Waals surface area contributed by atoms with Crippen molar-refractivity contribution in [1.29, 1.82) is 5.26 Å². The molecule has 1 aromatic heterocycles. The number of nitriles is 1. The molecule has 0 aromatic carbocycles. The molecule has 0 atom stereocenters. The first-order valence-corrected chi connectivity index (χ1v) is 7.38. The predicted molar refractivity (Wildman–Crippen MR) is 82.0 cm³/mol. The molecule has 1 aliphatic rings. The molecular formula is C16H22N4O. The zero-order valence-corrected chi connectivity index (χ0v) is 12.9. The lowest BCUT2D eigenvalue weighted by Crippen LogP contribution is -2.56. The minimum atomic E-state index is -0.146. The number of rotatable bonds is 5. The smallest absolute Gasteiger partial charge is 0.270 e. The molecule has 5 nitrogen and oxygen atoms in total. The topological polar surface area (TPSA) is 69.0 Å². The summed E-state index contributed by atoms with van der Waals surface area (Å²) in [5.41, 5.74) is 1.58. The number of carbonyl (C=O) groups excluding carboxylic acids is 1. The van der Waals surface area contributed by atoms with Gasteiger partial charge >= 0.3 is 0 Å². The van der Waals surface area contributed by atoms with Gasteiger partial charge in [-0.15, -0.1) is 0 Å². The largest absolute Gasteiger partial charge is 0.369 e. The molecule has 0 spiro atoms. The van der Waals surface area contributed by atoms with Gasteiger partial charge in [-0.05, 0) is 32.4 Å². The van der Waals surface area contributed by atoms with Crippen LogP contribution in [0.4, 0.5) is 5.69 Å². The molecule has 1 N–H and O–H groups in total. The monoisotopic (exact) mass is 286 g/mol. The molecule has 1 saturated heterocycles. The van der Waals surface area contributed by atoms with Crippen LogP contribution in [-0.4, -0.2) is 30.0 Å². The van der Waals surface area contributed by atoms with Gasteiger partial charge in [0.1, 0.15) is 5.69 Å². The van der Waals surface area contributed by atoms with Crippen molar-refractivity contribution in [1.82, 2.24) is 10.3 Å². The standard InChI is InChI=1S/C16H22N4O/c1-4-16(7-8-17)10-20(11-16)13-5-6-14(18-9-13)15(21)19-12(2)3/h5-6,9,12H,4,7,10-11H2,1-3H3,(H,19,21). The van der Waals surface area contributed by atoms with Crippen molar-refractivity contribution in [3.05, 3.63) is 24.0 Å². The lowest BCUT2D eigenvalue weighted by atomic mass is 9.75. The first-order chi connectivity index (χ1) is 9.99. The third-order valence-electron chi connectivity index (χ3n) is 4.02. The Bertz CT molecular complexity index is 538. The van der Waals surface area contributed by atoms with Gasteiger partial charge in [-0.25, -0.2) is 4.98 Å². The van der Waals surface area contributed by atoms with Crippen LogP contribution in [-0.2, 0) is 0 Å². The average Bonchev–Trinajstić information content (AvgIpc) is 2.42. The van der Waals surface area contributed by atoms with E-state index in [2.05, 4.69) is 28.2 Å². The number of amides is 1. The fourth-order valence-electron chi connectivity index (χ4n) is 2.62. The number of anilines is 1. The Labute approximate surface area is 126 Å². The molecule has 2 heterocycles. The van der Waals surface area contributed by atoms with Crippen LogP contribution in [0.1, 0.15) is 44.1 Å². The first kappa shape index (κ1) is 15.3. The van der Waals surface area contributed by atoms with E-state index < -0.39 is 0 Å². The second-order valence-electron chi connectivity index (χ2n) is 6.07. The highest BCUT2D eigenvalue weighted by atomic mass is 16.1. The van der Waals surface area contributed by atoms with Crippen molar-refractivity contribution >= 4 is 11.6 Å². The van der Waals surface area contributed by atoms with Crippen molar-refractivity contribution in [2.45, 2.75) is 39.7 Å². The van der Waals surface area contributed by atoms with E-state index in [1.54, 1.807) is 12.3 Å². The lowest BCUT2D eigenvalue weighted by Gasteiger charge is -2.50. The van der Waals surface area contributed by atoms with Crippen molar-refractivity contribution in [2.75, 3.05) is 18.0 Å². The molecular weight excluding hydrogens is 264 g/mol. The van der Waals surface area contributed by atoms with E-state index in [0.29, 0.717) is 12.1 Å². The Hall–Kier alpha value is -2.09. The lowest BCUT2D eigenvalue weighted by molar-refractivity contribution is 0.0938. The highest BCUT2D eigenvalue weighted by molar-refractivity contribution is 5.92. The third kappa shape index (κ3) is 3.33. The quantitative estimate of drug-likeness (QED) is 0.902. The molecule has 2 rings (SSSR count). The number of hydrogen-bond acceptors (Lipinski definition) is 4. The predicted octanol–water partition coefficient (Wildman–Crippen LogP) is 2.35. The first-order valence-electron chi connectivity index (χ1n) is 7.38. The Balaban J connectivity index is 1.99. The molecule has 1 aromatic rings. The SMILES string of the molecule is CCC1(CC#N)CN(c2ccc(C(=O)NC(C)C)nc2)C1. The average molecular weight is 286 g/mol. The van der Waals surface area contributed by atoms with Crippen molar-refractivity contribution in [3.63, 3.8) is 0 Å². The van der Waals surface area contributed by atoms with Gasteiger partial charge in [-0.1, -0.05) is 6.92 Å². The molecule has 0 bridgehead atoms. The van der Waals surface area contributed by atoms with Crippen molar-refractivity contribution in [2.24, 2.45) is 5.41 Å². The maximum absolute atomic E-state index is 11.8. The van der Waals surface area contributed by atoms with Crippen LogP contribution >= 0.6 is 0 Å². The normalized spacial score (nSPS) is 16.2. The number of nitrogens with one attached hydrogen (secondary N) is 1. The minimum Gasteiger partial charge on any atom is -0.369 e. The van der Waals surface area contributed by atoms with Crippen LogP contribution in [0.25, 0.3) is 0 Å². The van der Waals surface area contributed by atoms with Crippen molar-refractivity contribution in [3.8, 4) is 6.07 Å². The molecule has 112 valence electrons. The molecule has 1 amide bonds. The van der Waals surface area contributed by atoms with E-state index in [1.165, 1.54) is 0 Å². The zero-order chi connectivity index (χ0) is 15.5. The number of carbonyl (C=O) groups is 1. The van der Waals surface area contributed by atoms with Crippen LogP contribution in [0.3, 0.4) is 0 Å². The van der Waals surface area contributed by atoms with E-state index in [0.717, 1.165) is 25.2 Å². The van der Waals surface area contributed by atoms with E-state index >= 15 is 0 Å². The second kappa shape index (κ2) is 6.13. The maximum atomic E-state index is 11.8. The molecule has 0 saturated carbocycles. The molecule has 0 aliphatic carbocycles. The van der Waals surface area contributed by atoms with Gasteiger partial charge in [-0.3, -0.25) is 4.79 Å². The summed E-state index contributed by atoms with van der Waals surface area (Å²) < 4.78 is 0. The fourth-order valence-corrected chi connectivity index (χ4v) is 2.62.